The number of rotatable bonds is 5. The molecule has 2 atom stereocenters. The summed E-state index contributed by atoms with van der Waals surface area (Å²) in [7, 11) is 0. The van der Waals surface area contributed by atoms with Crippen LogP contribution < -0.4 is 0 Å². The number of ketones is 1. The van der Waals surface area contributed by atoms with Gasteiger partial charge in [0, 0.05) is 18.9 Å². The third-order valence-corrected chi connectivity index (χ3v) is 4.73. The second-order valence-corrected chi connectivity index (χ2v) is 6.44. The molecular formula is C22H23NO3. The molecule has 2 aromatic rings. The van der Waals surface area contributed by atoms with Crippen LogP contribution in [0.4, 0.5) is 4.79 Å². The van der Waals surface area contributed by atoms with Gasteiger partial charge < -0.3 is 4.74 Å². The van der Waals surface area contributed by atoms with Crippen LogP contribution in [-0.2, 0) is 16.1 Å². The Bertz CT molecular complexity index is 757. The van der Waals surface area contributed by atoms with Gasteiger partial charge in [0.15, 0.2) is 0 Å². The topological polar surface area (TPSA) is 46.6 Å². The first-order chi connectivity index (χ1) is 12.7. The van der Waals surface area contributed by atoms with E-state index in [9.17, 15) is 9.59 Å². The summed E-state index contributed by atoms with van der Waals surface area (Å²) in [6.45, 7) is 4.37. The van der Waals surface area contributed by atoms with Gasteiger partial charge in [-0.1, -0.05) is 66.7 Å². The highest BCUT2D eigenvalue weighted by Crippen LogP contribution is 2.36. The van der Waals surface area contributed by atoms with Crippen LogP contribution in [0.1, 0.15) is 30.0 Å². The number of Topliss-reactive ketones (excluding diaryl/α,β-unsaturated/α-hetero) is 1. The molecule has 0 aliphatic carbocycles. The number of amides is 1. The molecule has 1 amide bonds. The Labute approximate surface area is 154 Å². The highest BCUT2D eigenvalue weighted by atomic mass is 16.6. The maximum atomic E-state index is 12.8. The molecule has 0 unspecified atom stereocenters. The van der Waals surface area contributed by atoms with E-state index < -0.39 is 0 Å². The van der Waals surface area contributed by atoms with Gasteiger partial charge in [-0.25, -0.2) is 4.79 Å². The van der Waals surface area contributed by atoms with Crippen molar-refractivity contribution >= 4 is 11.9 Å². The Kier molecular flexibility index (Phi) is 5.84. The molecule has 1 fully saturated rings. The van der Waals surface area contributed by atoms with E-state index in [4.69, 9.17) is 4.74 Å². The zero-order valence-corrected chi connectivity index (χ0v) is 14.7. The lowest BCUT2D eigenvalue weighted by molar-refractivity contribution is -0.128. The highest BCUT2D eigenvalue weighted by molar-refractivity contribution is 5.85. The summed E-state index contributed by atoms with van der Waals surface area (Å²) >= 11 is 0. The molecule has 0 radical (unpaired) electrons. The van der Waals surface area contributed by atoms with Crippen LogP contribution in [0.5, 0.6) is 0 Å². The van der Waals surface area contributed by atoms with Crippen LogP contribution >= 0.6 is 0 Å². The Morgan fingerprint density at radius 1 is 1.12 bits per heavy atom. The van der Waals surface area contributed by atoms with E-state index >= 15 is 0 Å². The summed E-state index contributed by atoms with van der Waals surface area (Å²) in [5, 5.41) is 0. The summed E-state index contributed by atoms with van der Waals surface area (Å²) < 4.78 is 5.53. The molecule has 0 N–H and O–H groups in total. The van der Waals surface area contributed by atoms with Gasteiger partial charge in [0.25, 0.3) is 0 Å². The second-order valence-electron chi connectivity index (χ2n) is 6.44. The van der Waals surface area contributed by atoms with Crippen molar-refractivity contribution in [2.75, 3.05) is 6.54 Å². The fourth-order valence-corrected chi connectivity index (χ4v) is 3.46. The van der Waals surface area contributed by atoms with Crippen LogP contribution in [0.25, 0.3) is 0 Å². The number of hydrogen-bond acceptors (Lipinski definition) is 3. The van der Waals surface area contributed by atoms with Crippen molar-refractivity contribution in [2.24, 2.45) is 5.92 Å². The first kappa shape index (κ1) is 17.9. The largest absolute Gasteiger partial charge is 0.445 e. The molecule has 3 rings (SSSR count). The molecule has 0 aromatic heterocycles. The molecular weight excluding hydrogens is 326 g/mol. The minimum atomic E-state index is -0.385. The van der Waals surface area contributed by atoms with Crippen molar-refractivity contribution in [3.8, 4) is 0 Å². The van der Waals surface area contributed by atoms with Gasteiger partial charge in [-0.15, -0.1) is 6.58 Å². The molecule has 0 bridgehead atoms. The normalized spacial score (nSPS) is 19.8. The van der Waals surface area contributed by atoms with E-state index in [2.05, 4.69) is 6.58 Å². The fraction of sp³-hybridized carbons (Fsp3) is 0.273. The van der Waals surface area contributed by atoms with Crippen molar-refractivity contribution in [2.45, 2.75) is 25.5 Å². The maximum Gasteiger partial charge on any atom is 0.410 e. The van der Waals surface area contributed by atoms with E-state index in [1.807, 2.05) is 60.7 Å². The lowest BCUT2D eigenvalue weighted by Gasteiger charge is -2.39. The average molecular weight is 349 g/mol. The minimum absolute atomic E-state index is 0.172. The summed E-state index contributed by atoms with van der Waals surface area (Å²) in [5.41, 5.74) is 1.89. The SMILES string of the molecule is C=CC[C@@H]1C(=O)CCN(C(=O)OCc2ccccc2)[C@H]1c1ccccc1. The van der Waals surface area contributed by atoms with Gasteiger partial charge in [-0.2, -0.15) is 0 Å². The van der Waals surface area contributed by atoms with Crippen molar-refractivity contribution in [3.63, 3.8) is 0 Å². The van der Waals surface area contributed by atoms with Crippen LogP contribution in [0.3, 0.4) is 0 Å². The third-order valence-electron chi connectivity index (χ3n) is 4.73. The summed E-state index contributed by atoms with van der Waals surface area (Å²) in [4.78, 5) is 27.0. The van der Waals surface area contributed by atoms with E-state index in [1.165, 1.54) is 0 Å². The maximum absolute atomic E-state index is 12.8. The Hall–Kier alpha value is -2.88. The molecule has 0 spiro atoms. The zero-order valence-electron chi connectivity index (χ0n) is 14.7. The van der Waals surface area contributed by atoms with Crippen LogP contribution in [0.2, 0.25) is 0 Å². The molecule has 26 heavy (non-hydrogen) atoms. The van der Waals surface area contributed by atoms with Crippen LogP contribution in [-0.4, -0.2) is 23.3 Å². The Morgan fingerprint density at radius 2 is 1.77 bits per heavy atom. The smallest absolute Gasteiger partial charge is 0.410 e. The van der Waals surface area contributed by atoms with Gasteiger partial charge >= 0.3 is 6.09 Å². The Morgan fingerprint density at radius 3 is 2.42 bits per heavy atom. The summed E-state index contributed by atoms with van der Waals surface area (Å²) in [5.74, 6) is -0.112. The predicted molar refractivity (Wildman–Crippen MR) is 100 cm³/mol. The standard InChI is InChI=1S/C22H23NO3/c1-2-9-19-20(24)14-15-23(21(19)18-12-7-4-8-13-18)22(25)26-16-17-10-5-3-6-11-17/h2-8,10-13,19,21H,1,9,14-16H2/t19-,21+/m1/s1. The third kappa shape index (κ3) is 4.02. The molecule has 1 aliphatic rings. The van der Waals surface area contributed by atoms with E-state index in [0.29, 0.717) is 19.4 Å². The molecule has 1 saturated heterocycles. The number of nitrogens with zero attached hydrogens (tertiary/aromatic N) is 1. The van der Waals surface area contributed by atoms with Gasteiger partial charge in [-0.3, -0.25) is 9.69 Å². The van der Waals surface area contributed by atoms with E-state index in [1.54, 1.807) is 11.0 Å². The fourth-order valence-electron chi connectivity index (χ4n) is 3.46. The number of hydrogen-bond donors (Lipinski definition) is 0. The lowest BCUT2D eigenvalue weighted by atomic mass is 9.82. The van der Waals surface area contributed by atoms with Crippen molar-refractivity contribution in [1.82, 2.24) is 4.90 Å². The molecule has 1 heterocycles. The number of carbonyl (C=O) groups is 2. The van der Waals surface area contributed by atoms with Gasteiger partial charge in [0.05, 0.1) is 6.04 Å². The summed E-state index contributed by atoms with van der Waals surface area (Å²) in [6.07, 6.45) is 2.25. The molecule has 4 heteroatoms. The number of allylic oxidation sites excluding steroid dienone is 1. The Balaban J connectivity index is 1.81. The monoisotopic (exact) mass is 349 g/mol. The van der Waals surface area contributed by atoms with Gasteiger partial charge in [-0.05, 0) is 17.5 Å². The zero-order chi connectivity index (χ0) is 18.4. The molecule has 0 saturated carbocycles. The molecule has 4 nitrogen and oxygen atoms in total. The summed E-state index contributed by atoms with van der Waals surface area (Å²) in [6, 6.07) is 18.9. The first-order valence-electron chi connectivity index (χ1n) is 8.86. The molecule has 134 valence electrons. The highest BCUT2D eigenvalue weighted by Gasteiger charge is 2.40. The van der Waals surface area contributed by atoms with Crippen LogP contribution in [0.15, 0.2) is 73.3 Å². The number of carbonyl (C=O) groups excluding carboxylic acids is 2. The number of likely N-dealkylation sites (tertiary alicyclic amines) is 1. The number of piperidine rings is 1. The van der Waals surface area contributed by atoms with Gasteiger partial charge in [0.2, 0.25) is 0 Å². The minimum Gasteiger partial charge on any atom is -0.445 e. The number of ether oxygens (including phenoxy) is 1. The lowest BCUT2D eigenvalue weighted by Crippen LogP contribution is -2.46. The van der Waals surface area contributed by atoms with Crippen LogP contribution in [0, 0.1) is 5.92 Å². The quantitative estimate of drug-likeness (QED) is 0.745. The average Bonchev–Trinajstić information content (AvgIpc) is 2.69. The van der Waals surface area contributed by atoms with Gasteiger partial charge in [0.1, 0.15) is 12.4 Å². The van der Waals surface area contributed by atoms with E-state index in [-0.39, 0.29) is 30.4 Å². The van der Waals surface area contributed by atoms with Crippen molar-refractivity contribution < 1.29 is 14.3 Å². The molecule has 2 aromatic carbocycles. The second kappa shape index (κ2) is 8.48. The van der Waals surface area contributed by atoms with Crippen molar-refractivity contribution in [3.05, 3.63) is 84.4 Å². The first-order valence-corrected chi connectivity index (χ1v) is 8.86. The van der Waals surface area contributed by atoms with E-state index in [0.717, 1.165) is 11.1 Å². The number of benzene rings is 2. The predicted octanol–water partition coefficient (Wildman–Crippen LogP) is 4.53. The molecule has 1 aliphatic heterocycles. The van der Waals surface area contributed by atoms with Crippen molar-refractivity contribution in [1.29, 1.82) is 0 Å².